The van der Waals surface area contributed by atoms with Gasteiger partial charge in [0.25, 0.3) is 17.4 Å². The number of ether oxygens (including phenoxy) is 1. The van der Waals surface area contributed by atoms with Crippen molar-refractivity contribution in [2.75, 3.05) is 52.8 Å². The minimum Gasteiger partial charge on any atom is -0.497 e. The maximum atomic E-state index is 14.0. The molecule has 1 unspecified atom stereocenters. The van der Waals surface area contributed by atoms with Crippen LogP contribution in [0.4, 0.5) is 18.9 Å². The van der Waals surface area contributed by atoms with Crippen LogP contribution < -0.4 is 9.64 Å². The second-order valence-corrected chi connectivity index (χ2v) is 10.5. The van der Waals surface area contributed by atoms with Crippen LogP contribution in [0.25, 0.3) is 0 Å². The molecule has 1 aliphatic rings. The van der Waals surface area contributed by atoms with E-state index in [-0.39, 0.29) is 18.2 Å². The van der Waals surface area contributed by atoms with Crippen LogP contribution in [0.2, 0.25) is 5.02 Å². The fourth-order valence-corrected chi connectivity index (χ4v) is 5.10. The molecular weight excluding hydrogens is 535 g/mol. The van der Waals surface area contributed by atoms with Crippen molar-refractivity contribution in [2.45, 2.75) is 37.5 Å². The lowest BCUT2D eigenvalue weighted by Gasteiger charge is -2.35. The Bertz CT molecular complexity index is 1170. The zero-order valence-corrected chi connectivity index (χ0v) is 23.3. The standard InChI is InChI=1S/C28H35ClF3N3O4/c1-33(2)25(36)23-11-10-21(18-24(23)29)35-15-12-19(13-16-35)7-6-14-34(3)26(37)27(38,28(30,31)32)20-8-5-9-22(17-20)39-4/h5,8-11,17-19,38H,6-7,12-16H2,1-4H3. The molecule has 1 saturated heterocycles. The largest absolute Gasteiger partial charge is 0.497 e. The molecule has 7 nitrogen and oxygen atoms in total. The number of hydrogen-bond donors (Lipinski definition) is 1. The minimum atomic E-state index is -5.21. The molecule has 2 aromatic rings. The van der Waals surface area contributed by atoms with Gasteiger partial charge in [-0.1, -0.05) is 23.7 Å². The summed E-state index contributed by atoms with van der Waals surface area (Å²) >= 11 is 6.35. The number of rotatable bonds is 9. The number of halogens is 4. The number of methoxy groups -OCH3 is 1. The number of benzene rings is 2. The van der Waals surface area contributed by atoms with Crippen molar-refractivity contribution >= 4 is 29.1 Å². The highest BCUT2D eigenvalue weighted by atomic mass is 35.5. The molecule has 1 heterocycles. The number of carbonyl (C=O) groups excluding carboxylic acids is 2. The maximum Gasteiger partial charge on any atom is 0.430 e. The first-order chi connectivity index (χ1) is 18.3. The van der Waals surface area contributed by atoms with Crippen LogP contribution in [0.15, 0.2) is 42.5 Å². The first kappa shape index (κ1) is 30.6. The number of amides is 2. The van der Waals surface area contributed by atoms with Crippen molar-refractivity contribution in [1.82, 2.24) is 9.80 Å². The number of piperidine rings is 1. The van der Waals surface area contributed by atoms with Crippen LogP contribution >= 0.6 is 11.6 Å². The van der Waals surface area contributed by atoms with E-state index in [2.05, 4.69) is 4.90 Å². The fourth-order valence-electron chi connectivity index (χ4n) is 4.85. The van der Waals surface area contributed by atoms with Crippen LogP contribution in [0.3, 0.4) is 0 Å². The van der Waals surface area contributed by atoms with E-state index in [0.29, 0.717) is 22.9 Å². The maximum absolute atomic E-state index is 14.0. The van der Waals surface area contributed by atoms with Gasteiger partial charge in [-0.2, -0.15) is 13.2 Å². The number of aliphatic hydroxyl groups is 1. The number of alkyl halides is 3. The average molecular weight is 570 g/mol. The van der Waals surface area contributed by atoms with E-state index in [1.54, 1.807) is 26.2 Å². The fraction of sp³-hybridized carbons (Fsp3) is 0.500. The molecule has 2 aromatic carbocycles. The van der Waals surface area contributed by atoms with Gasteiger partial charge in [-0.05, 0) is 61.9 Å². The zero-order valence-electron chi connectivity index (χ0n) is 22.6. The third kappa shape index (κ3) is 6.78. The Morgan fingerprint density at radius 3 is 2.33 bits per heavy atom. The van der Waals surface area contributed by atoms with E-state index in [1.165, 1.54) is 31.2 Å². The molecule has 2 amide bonds. The Labute approximate surface area is 232 Å². The van der Waals surface area contributed by atoms with Gasteiger partial charge in [0, 0.05) is 52.0 Å². The summed E-state index contributed by atoms with van der Waals surface area (Å²) in [6.07, 6.45) is -2.20. The zero-order chi connectivity index (χ0) is 29.0. The van der Waals surface area contributed by atoms with Crippen LogP contribution in [-0.2, 0) is 10.4 Å². The molecule has 0 aromatic heterocycles. The van der Waals surface area contributed by atoms with Crippen molar-refractivity contribution in [3.63, 3.8) is 0 Å². The monoisotopic (exact) mass is 569 g/mol. The average Bonchev–Trinajstić information content (AvgIpc) is 2.91. The normalized spacial score (nSPS) is 16.0. The van der Waals surface area contributed by atoms with E-state index in [0.717, 1.165) is 55.1 Å². The second kappa shape index (κ2) is 12.5. The number of nitrogens with zero attached hydrogens (tertiary/aromatic N) is 3. The Morgan fingerprint density at radius 2 is 1.77 bits per heavy atom. The Hall–Kier alpha value is -2.98. The lowest BCUT2D eigenvalue weighted by molar-refractivity contribution is -0.261. The summed E-state index contributed by atoms with van der Waals surface area (Å²) in [5.41, 5.74) is -2.88. The highest BCUT2D eigenvalue weighted by molar-refractivity contribution is 6.34. The third-order valence-electron chi connectivity index (χ3n) is 7.23. The molecule has 1 aliphatic heterocycles. The number of likely N-dealkylation sites (N-methyl/N-ethyl adjacent to an activating group) is 1. The SMILES string of the molecule is COc1cccc(C(O)(C(=O)N(C)CCCC2CCN(c3ccc(C(=O)N(C)C)c(Cl)c3)CC2)C(F)(F)F)c1. The molecular formula is C28H35ClF3N3O4. The Morgan fingerprint density at radius 1 is 1.10 bits per heavy atom. The van der Waals surface area contributed by atoms with Gasteiger partial charge >= 0.3 is 6.18 Å². The van der Waals surface area contributed by atoms with Gasteiger partial charge in [0.05, 0.1) is 17.7 Å². The first-order valence-electron chi connectivity index (χ1n) is 12.7. The van der Waals surface area contributed by atoms with Crippen LogP contribution in [0.5, 0.6) is 5.75 Å². The molecule has 214 valence electrons. The van der Waals surface area contributed by atoms with Crippen molar-refractivity contribution in [3.05, 3.63) is 58.6 Å². The van der Waals surface area contributed by atoms with E-state index >= 15 is 0 Å². The topological polar surface area (TPSA) is 73.3 Å². The van der Waals surface area contributed by atoms with Crippen molar-refractivity contribution in [3.8, 4) is 5.75 Å². The first-order valence-corrected chi connectivity index (χ1v) is 13.1. The van der Waals surface area contributed by atoms with E-state index < -0.39 is 23.2 Å². The molecule has 11 heteroatoms. The van der Waals surface area contributed by atoms with Gasteiger partial charge in [0.2, 0.25) is 0 Å². The van der Waals surface area contributed by atoms with Crippen molar-refractivity contribution < 1.29 is 32.6 Å². The summed E-state index contributed by atoms with van der Waals surface area (Å²) in [7, 11) is 5.91. The van der Waals surface area contributed by atoms with Crippen molar-refractivity contribution in [1.29, 1.82) is 0 Å². The highest BCUT2D eigenvalue weighted by Gasteiger charge is 2.61. The quantitative estimate of drug-likeness (QED) is 0.462. The van der Waals surface area contributed by atoms with Gasteiger partial charge in [0.1, 0.15) is 5.75 Å². The Kier molecular flexibility index (Phi) is 9.77. The van der Waals surface area contributed by atoms with Gasteiger partial charge in [0.15, 0.2) is 0 Å². The van der Waals surface area contributed by atoms with Crippen LogP contribution in [0.1, 0.15) is 41.6 Å². The molecule has 0 aliphatic carbocycles. The summed E-state index contributed by atoms with van der Waals surface area (Å²) in [6.45, 7) is 1.64. The molecule has 39 heavy (non-hydrogen) atoms. The van der Waals surface area contributed by atoms with Crippen molar-refractivity contribution in [2.24, 2.45) is 5.92 Å². The highest BCUT2D eigenvalue weighted by Crippen LogP contribution is 2.41. The van der Waals surface area contributed by atoms with E-state index in [1.807, 2.05) is 6.07 Å². The predicted octanol–water partition coefficient (Wildman–Crippen LogP) is 4.96. The Balaban J connectivity index is 1.55. The lowest BCUT2D eigenvalue weighted by atomic mass is 9.90. The molecule has 0 bridgehead atoms. The van der Waals surface area contributed by atoms with Gasteiger partial charge in [-0.25, -0.2) is 0 Å². The minimum absolute atomic E-state index is 0.0817. The molecule has 1 N–H and O–H groups in total. The molecule has 0 saturated carbocycles. The van der Waals surface area contributed by atoms with Crippen LogP contribution in [0, 0.1) is 5.92 Å². The summed E-state index contributed by atoms with van der Waals surface area (Å²) in [5.74, 6) is -1.12. The molecule has 0 spiro atoms. The lowest BCUT2D eigenvalue weighted by Crippen LogP contribution is -2.55. The second-order valence-electron chi connectivity index (χ2n) is 10.1. The summed E-state index contributed by atoms with van der Waals surface area (Å²) in [4.78, 5) is 29.7. The number of hydrogen-bond acceptors (Lipinski definition) is 5. The van der Waals surface area contributed by atoms with Gasteiger partial charge in [-0.15, -0.1) is 0 Å². The van der Waals surface area contributed by atoms with Gasteiger partial charge in [-0.3, -0.25) is 9.59 Å². The predicted molar refractivity (Wildman–Crippen MR) is 144 cm³/mol. The molecule has 1 atom stereocenters. The van der Waals surface area contributed by atoms with Gasteiger partial charge < -0.3 is 24.5 Å². The van der Waals surface area contributed by atoms with Crippen LogP contribution in [-0.4, -0.2) is 80.8 Å². The van der Waals surface area contributed by atoms with E-state index in [4.69, 9.17) is 16.3 Å². The summed E-state index contributed by atoms with van der Waals surface area (Å²) < 4.78 is 46.9. The number of carbonyl (C=O) groups is 2. The molecule has 0 radical (unpaired) electrons. The smallest absolute Gasteiger partial charge is 0.430 e. The molecule has 1 fully saturated rings. The summed E-state index contributed by atoms with van der Waals surface area (Å²) in [6, 6.07) is 10.2. The number of anilines is 1. The third-order valence-corrected chi connectivity index (χ3v) is 7.54. The summed E-state index contributed by atoms with van der Waals surface area (Å²) in [5, 5.41) is 11.0. The molecule has 3 rings (SSSR count). The van der Waals surface area contributed by atoms with E-state index in [9.17, 15) is 27.9 Å².